The van der Waals surface area contributed by atoms with Gasteiger partial charge in [0.25, 0.3) is 5.56 Å². The highest BCUT2D eigenvalue weighted by molar-refractivity contribution is 5.81. The van der Waals surface area contributed by atoms with Crippen molar-refractivity contribution in [3.63, 3.8) is 0 Å². The fourth-order valence-electron chi connectivity index (χ4n) is 3.58. The fraction of sp³-hybridized carbons (Fsp3) is 0.360. The maximum absolute atomic E-state index is 13.4. The molecule has 32 heavy (non-hydrogen) atoms. The van der Waals surface area contributed by atoms with E-state index < -0.39 is 5.91 Å². The Morgan fingerprint density at radius 1 is 1.09 bits per heavy atom. The first-order chi connectivity index (χ1) is 15.4. The Bertz CT molecular complexity index is 1110. The molecule has 0 saturated carbocycles. The van der Waals surface area contributed by atoms with Crippen LogP contribution in [0, 0.1) is 0 Å². The fourth-order valence-corrected chi connectivity index (χ4v) is 3.58. The molecule has 1 aromatic heterocycles. The van der Waals surface area contributed by atoms with Crippen LogP contribution in [0.4, 0.5) is 0 Å². The number of carbonyl (C=O) groups excluding carboxylic acids is 1. The largest absolute Gasteiger partial charge is 0.457 e. The molecule has 0 atom stereocenters. The van der Waals surface area contributed by atoms with Gasteiger partial charge in [-0.3, -0.25) is 14.5 Å². The molecule has 0 saturated heterocycles. The number of nitrogens with zero attached hydrogens (tertiary/aromatic N) is 2. The first kappa shape index (κ1) is 23.5. The summed E-state index contributed by atoms with van der Waals surface area (Å²) in [5.41, 5.74) is 6.69. The molecular weight excluding hydrogens is 406 g/mol. The molecule has 3 aromatic rings. The average molecular weight is 438 g/mol. The Morgan fingerprint density at radius 2 is 1.84 bits per heavy atom. The van der Waals surface area contributed by atoms with Gasteiger partial charge in [0.1, 0.15) is 11.5 Å². The zero-order valence-corrected chi connectivity index (χ0v) is 18.9. The third kappa shape index (κ3) is 5.96. The Kier molecular flexibility index (Phi) is 8.03. The van der Waals surface area contributed by atoms with Gasteiger partial charge in [0, 0.05) is 37.4 Å². The molecule has 0 aliphatic heterocycles. The Balaban J connectivity index is 2.02. The van der Waals surface area contributed by atoms with Gasteiger partial charge in [-0.25, -0.2) is 0 Å². The predicted molar refractivity (Wildman–Crippen MR) is 126 cm³/mol. The van der Waals surface area contributed by atoms with Gasteiger partial charge >= 0.3 is 0 Å². The van der Waals surface area contributed by atoms with Crippen LogP contribution in [0.1, 0.15) is 26.3 Å². The highest BCUT2D eigenvalue weighted by atomic mass is 16.5. The smallest absolute Gasteiger partial charge is 0.255 e. The van der Waals surface area contributed by atoms with Gasteiger partial charge in [0.05, 0.1) is 18.7 Å². The lowest BCUT2D eigenvalue weighted by molar-refractivity contribution is -0.119. The lowest BCUT2D eigenvalue weighted by atomic mass is 10.1. The van der Waals surface area contributed by atoms with E-state index in [2.05, 4.69) is 0 Å². The molecule has 170 valence electrons. The van der Waals surface area contributed by atoms with E-state index in [9.17, 15) is 9.59 Å². The number of amides is 1. The van der Waals surface area contributed by atoms with E-state index >= 15 is 0 Å². The van der Waals surface area contributed by atoms with Gasteiger partial charge < -0.3 is 19.8 Å². The molecule has 1 amide bonds. The SMILES string of the molecule is CCOCCn1c(=O)c(CN(CC(N)=O)C(C)C)cc2ccc(Oc3ccccc3)cc21. The van der Waals surface area contributed by atoms with Crippen molar-refractivity contribution in [1.29, 1.82) is 0 Å². The summed E-state index contributed by atoms with van der Waals surface area (Å²) in [5.74, 6) is 0.961. The van der Waals surface area contributed by atoms with Gasteiger partial charge in [-0.15, -0.1) is 0 Å². The van der Waals surface area contributed by atoms with Crippen molar-refractivity contribution in [2.75, 3.05) is 19.8 Å². The van der Waals surface area contributed by atoms with Crippen LogP contribution in [-0.2, 0) is 22.6 Å². The maximum atomic E-state index is 13.4. The summed E-state index contributed by atoms with van der Waals surface area (Å²) < 4.78 is 13.2. The zero-order chi connectivity index (χ0) is 23.1. The van der Waals surface area contributed by atoms with Crippen molar-refractivity contribution < 1.29 is 14.3 Å². The van der Waals surface area contributed by atoms with Crippen LogP contribution in [0.25, 0.3) is 10.9 Å². The number of nitrogens with two attached hydrogens (primary N) is 1. The molecule has 2 N–H and O–H groups in total. The van der Waals surface area contributed by atoms with E-state index in [4.69, 9.17) is 15.2 Å². The van der Waals surface area contributed by atoms with Crippen LogP contribution in [-0.4, -0.2) is 41.2 Å². The predicted octanol–water partition coefficient (Wildman–Crippen LogP) is 3.53. The Morgan fingerprint density at radius 3 is 2.50 bits per heavy atom. The number of carbonyl (C=O) groups is 1. The van der Waals surface area contributed by atoms with Gasteiger partial charge in [-0.2, -0.15) is 0 Å². The van der Waals surface area contributed by atoms with E-state index in [-0.39, 0.29) is 18.1 Å². The number of fused-ring (bicyclic) bond motifs is 1. The number of hydrogen-bond acceptors (Lipinski definition) is 5. The lowest BCUT2D eigenvalue weighted by Gasteiger charge is -2.25. The molecule has 0 bridgehead atoms. The molecule has 7 heteroatoms. The van der Waals surface area contributed by atoms with E-state index in [0.29, 0.717) is 37.6 Å². The molecule has 0 unspecified atom stereocenters. The molecule has 0 spiro atoms. The number of hydrogen-bond donors (Lipinski definition) is 1. The van der Waals surface area contributed by atoms with Crippen molar-refractivity contribution in [1.82, 2.24) is 9.47 Å². The van der Waals surface area contributed by atoms with Crippen molar-refractivity contribution in [2.24, 2.45) is 5.73 Å². The molecule has 0 radical (unpaired) electrons. The first-order valence-electron chi connectivity index (χ1n) is 10.9. The van der Waals surface area contributed by atoms with Crippen LogP contribution in [0.2, 0.25) is 0 Å². The maximum Gasteiger partial charge on any atom is 0.255 e. The van der Waals surface area contributed by atoms with Crippen molar-refractivity contribution in [3.8, 4) is 11.5 Å². The van der Waals surface area contributed by atoms with E-state index in [1.165, 1.54) is 0 Å². The first-order valence-corrected chi connectivity index (χ1v) is 10.9. The van der Waals surface area contributed by atoms with Crippen molar-refractivity contribution in [3.05, 3.63) is 70.5 Å². The summed E-state index contributed by atoms with van der Waals surface area (Å²) in [4.78, 5) is 26.8. The normalized spacial score (nSPS) is 11.4. The third-order valence-corrected chi connectivity index (χ3v) is 5.25. The number of benzene rings is 2. The third-order valence-electron chi connectivity index (χ3n) is 5.25. The number of pyridine rings is 1. The molecule has 0 fully saturated rings. The molecule has 3 rings (SSSR count). The van der Waals surface area contributed by atoms with Crippen molar-refractivity contribution >= 4 is 16.8 Å². The van der Waals surface area contributed by atoms with Gasteiger partial charge in [-0.05, 0) is 56.5 Å². The highest BCUT2D eigenvalue weighted by Gasteiger charge is 2.17. The van der Waals surface area contributed by atoms with Gasteiger partial charge in [-0.1, -0.05) is 18.2 Å². The second-order valence-corrected chi connectivity index (χ2v) is 7.92. The standard InChI is InChI=1S/C25H31N3O4/c1-4-31-13-12-28-23-15-22(32-21-8-6-5-7-9-21)11-10-19(23)14-20(25(28)30)16-27(18(2)3)17-24(26)29/h5-11,14-15,18H,4,12-13,16-17H2,1-3H3,(H2,26,29). The van der Waals surface area contributed by atoms with Crippen LogP contribution < -0.4 is 16.0 Å². The summed E-state index contributed by atoms with van der Waals surface area (Å²) in [6.45, 7) is 7.74. The molecule has 7 nitrogen and oxygen atoms in total. The minimum absolute atomic E-state index is 0.0659. The summed E-state index contributed by atoms with van der Waals surface area (Å²) in [6, 6.07) is 17.2. The second kappa shape index (κ2) is 10.9. The van der Waals surface area contributed by atoms with E-state index in [1.54, 1.807) is 4.57 Å². The van der Waals surface area contributed by atoms with Crippen LogP contribution in [0.5, 0.6) is 11.5 Å². The van der Waals surface area contributed by atoms with Crippen molar-refractivity contribution in [2.45, 2.75) is 39.9 Å². The molecular formula is C25H31N3O4. The van der Waals surface area contributed by atoms with Gasteiger partial charge in [0.2, 0.25) is 5.91 Å². The minimum Gasteiger partial charge on any atom is -0.457 e. The number of aromatic nitrogens is 1. The van der Waals surface area contributed by atoms with Crippen LogP contribution >= 0.6 is 0 Å². The Hall–Kier alpha value is -3.16. The van der Waals surface area contributed by atoms with Crippen LogP contribution in [0.15, 0.2) is 59.4 Å². The lowest BCUT2D eigenvalue weighted by Crippen LogP contribution is -2.40. The average Bonchev–Trinajstić information content (AvgIpc) is 2.76. The summed E-state index contributed by atoms with van der Waals surface area (Å²) in [7, 11) is 0. The molecule has 1 heterocycles. The number of primary amides is 1. The quantitative estimate of drug-likeness (QED) is 0.464. The topological polar surface area (TPSA) is 86.8 Å². The number of rotatable bonds is 11. The van der Waals surface area contributed by atoms with E-state index in [1.807, 2.05) is 80.3 Å². The monoisotopic (exact) mass is 437 g/mol. The molecule has 2 aromatic carbocycles. The number of ether oxygens (including phenoxy) is 2. The van der Waals surface area contributed by atoms with Crippen LogP contribution in [0.3, 0.4) is 0 Å². The number of para-hydroxylation sites is 1. The minimum atomic E-state index is -0.418. The highest BCUT2D eigenvalue weighted by Crippen LogP contribution is 2.26. The Labute approximate surface area is 188 Å². The summed E-state index contributed by atoms with van der Waals surface area (Å²) in [6.07, 6.45) is 0. The molecule has 0 aliphatic rings. The van der Waals surface area contributed by atoms with Gasteiger partial charge in [0.15, 0.2) is 0 Å². The zero-order valence-electron chi connectivity index (χ0n) is 18.9. The second-order valence-electron chi connectivity index (χ2n) is 7.92. The summed E-state index contributed by atoms with van der Waals surface area (Å²) >= 11 is 0. The summed E-state index contributed by atoms with van der Waals surface area (Å²) in [5, 5.41) is 0.916. The van der Waals surface area contributed by atoms with E-state index in [0.717, 1.165) is 16.7 Å². The molecule has 0 aliphatic carbocycles.